The van der Waals surface area contributed by atoms with E-state index in [4.69, 9.17) is 4.74 Å². The van der Waals surface area contributed by atoms with E-state index in [0.717, 1.165) is 12.8 Å². The maximum absolute atomic E-state index is 12.4. The molecule has 1 aliphatic heterocycles. The van der Waals surface area contributed by atoms with E-state index in [1.54, 1.807) is 11.6 Å². The Balaban J connectivity index is 2.27. The number of nitrogens with zero attached hydrogens (tertiary/aromatic N) is 4. The third-order valence-electron chi connectivity index (χ3n) is 4.01. The smallest absolute Gasteiger partial charge is 0.333 e. The number of rotatable bonds is 4. The number of hydrogen-bond acceptors (Lipinski definition) is 6. The monoisotopic (exact) mass is 338 g/mol. The van der Waals surface area contributed by atoms with Crippen LogP contribution in [0.15, 0.2) is 0 Å². The molecule has 134 valence electrons. The third-order valence-corrected chi connectivity index (χ3v) is 4.01. The molecule has 0 radical (unpaired) electrons. The van der Waals surface area contributed by atoms with Gasteiger partial charge in [0, 0.05) is 19.6 Å². The highest BCUT2D eigenvalue weighted by Crippen LogP contribution is 2.34. The number of carbonyl (C=O) groups is 1. The summed E-state index contributed by atoms with van der Waals surface area (Å²) in [5.41, 5.74) is -0.106. The second-order valence-electron chi connectivity index (χ2n) is 7.15. The van der Waals surface area contributed by atoms with Gasteiger partial charge < -0.3 is 9.64 Å². The molecule has 0 saturated carbocycles. The largest absolute Gasteiger partial charge is 0.460 e. The van der Waals surface area contributed by atoms with Gasteiger partial charge >= 0.3 is 11.7 Å². The molecule has 24 heavy (non-hydrogen) atoms. The first-order valence-electron chi connectivity index (χ1n) is 8.33. The summed E-state index contributed by atoms with van der Waals surface area (Å²) < 4.78 is 7.12. The van der Waals surface area contributed by atoms with Gasteiger partial charge in [-0.05, 0) is 47.5 Å². The Hall–Kier alpha value is -2.12. The van der Waals surface area contributed by atoms with E-state index < -0.39 is 5.60 Å². The zero-order chi connectivity index (χ0) is 18.1. The minimum Gasteiger partial charge on any atom is -0.460 e. The van der Waals surface area contributed by atoms with Crippen molar-refractivity contribution in [1.29, 1.82) is 0 Å². The molecule has 1 atom stereocenters. The summed E-state index contributed by atoms with van der Waals surface area (Å²) in [5, 5.41) is 15.7. The van der Waals surface area contributed by atoms with Gasteiger partial charge in [-0.3, -0.25) is 14.9 Å². The summed E-state index contributed by atoms with van der Waals surface area (Å²) in [5.74, 6) is -0.0273. The maximum Gasteiger partial charge on any atom is 0.333 e. The van der Waals surface area contributed by atoms with Gasteiger partial charge in [0.05, 0.1) is 10.8 Å². The summed E-state index contributed by atoms with van der Waals surface area (Å²) in [6, 6.07) is 0. The summed E-state index contributed by atoms with van der Waals surface area (Å²) in [4.78, 5) is 25.3. The van der Waals surface area contributed by atoms with Gasteiger partial charge in [-0.25, -0.2) is 4.68 Å². The topological polar surface area (TPSA) is 90.5 Å². The van der Waals surface area contributed by atoms with Crippen LogP contribution in [0.25, 0.3) is 0 Å². The van der Waals surface area contributed by atoms with Crippen molar-refractivity contribution in [3.8, 4) is 0 Å². The fraction of sp³-hybridized carbons (Fsp3) is 0.750. The number of esters is 1. The molecule has 8 nitrogen and oxygen atoms in total. The molecule has 0 aromatic carbocycles. The molecule has 1 saturated heterocycles. The van der Waals surface area contributed by atoms with E-state index in [1.807, 2.05) is 32.6 Å². The molecule has 0 aliphatic carbocycles. The fourth-order valence-corrected chi connectivity index (χ4v) is 3.05. The van der Waals surface area contributed by atoms with Crippen LogP contribution in [-0.4, -0.2) is 39.4 Å². The van der Waals surface area contributed by atoms with Gasteiger partial charge in [0.1, 0.15) is 11.3 Å². The molecular weight excluding hydrogens is 312 g/mol. The van der Waals surface area contributed by atoms with Crippen molar-refractivity contribution in [1.82, 2.24) is 9.78 Å². The highest BCUT2D eigenvalue weighted by atomic mass is 16.6. The molecule has 2 rings (SSSR count). The SMILES string of the molecule is CCn1nc(C)c([N+](=O)[O-])c1N1CCCC(C(=O)OC(C)(C)C)C1. The van der Waals surface area contributed by atoms with Crippen molar-refractivity contribution >= 4 is 17.5 Å². The number of nitro groups is 1. The van der Waals surface area contributed by atoms with Gasteiger partial charge in [0.25, 0.3) is 0 Å². The Morgan fingerprint density at radius 2 is 2.12 bits per heavy atom. The molecule has 2 heterocycles. The van der Waals surface area contributed by atoms with Gasteiger partial charge in [0.2, 0.25) is 5.82 Å². The Kier molecular flexibility index (Phi) is 5.15. The summed E-state index contributed by atoms with van der Waals surface area (Å²) in [6.07, 6.45) is 1.52. The number of hydrogen-bond donors (Lipinski definition) is 0. The molecule has 1 fully saturated rings. The Bertz CT molecular complexity index is 633. The summed E-state index contributed by atoms with van der Waals surface area (Å²) >= 11 is 0. The Labute approximate surface area is 141 Å². The lowest BCUT2D eigenvalue weighted by Gasteiger charge is -2.34. The van der Waals surface area contributed by atoms with Crippen LogP contribution < -0.4 is 4.90 Å². The molecule has 1 unspecified atom stereocenters. The minimum absolute atomic E-state index is 0.0293. The fourth-order valence-electron chi connectivity index (χ4n) is 3.05. The minimum atomic E-state index is -0.535. The summed E-state index contributed by atoms with van der Waals surface area (Å²) in [6.45, 7) is 10.7. The van der Waals surface area contributed by atoms with Crippen LogP contribution in [0.4, 0.5) is 11.5 Å². The maximum atomic E-state index is 12.4. The lowest BCUT2D eigenvalue weighted by atomic mass is 9.97. The first kappa shape index (κ1) is 18.2. The average Bonchev–Trinajstić information content (AvgIpc) is 2.82. The van der Waals surface area contributed by atoms with E-state index in [-0.39, 0.29) is 22.5 Å². The Morgan fingerprint density at radius 3 is 2.67 bits per heavy atom. The van der Waals surface area contributed by atoms with Crippen LogP contribution >= 0.6 is 0 Å². The zero-order valence-corrected chi connectivity index (χ0v) is 15.0. The lowest BCUT2D eigenvalue weighted by molar-refractivity contribution is -0.384. The van der Waals surface area contributed by atoms with E-state index in [0.29, 0.717) is 31.1 Å². The number of anilines is 1. The standard InChI is InChI=1S/C16H26N4O4/c1-6-19-14(13(20(22)23)11(2)17-19)18-9-7-8-12(10-18)15(21)24-16(3,4)5/h12H,6-10H2,1-5H3. The second kappa shape index (κ2) is 6.78. The van der Waals surface area contributed by atoms with Crippen LogP contribution in [0.5, 0.6) is 0 Å². The van der Waals surface area contributed by atoms with E-state index in [2.05, 4.69) is 5.10 Å². The van der Waals surface area contributed by atoms with Crippen LogP contribution in [0.3, 0.4) is 0 Å². The van der Waals surface area contributed by atoms with Crippen molar-refractivity contribution < 1.29 is 14.5 Å². The highest BCUT2D eigenvalue weighted by Gasteiger charge is 2.35. The number of aryl methyl sites for hydroxylation is 2. The van der Waals surface area contributed by atoms with Gasteiger partial charge in [-0.15, -0.1) is 0 Å². The van der Waals surface area contributed by atoms with E-state index in [9.17, 15) is 14.9 Å². The van der Waals surface area contributed by atoms with E-state index in [1.165, 1.54) is 0 Å². The lowest BCUT2D eigenvalue weighted by Crippen LogP contribution is -2.42. The number of carbonyl (C=O) groups excluding carboxylic acids is 1. The molecular formula is C16H26N4O4. The van der Waals surface area contributed by atoms with Gasteiger partial charge in [0.15, 0.2) is 0 Å². The van der Waals surface area contributed by atoms with Crippen LogP contribution in [0.1, 0.15) is 46.2 Å². The molecule has 0 spiro atoms. The molecule has 0 N–H and O–H groups in total. The number of piperidine rings is 1. The molecule has 0 bridgehead atoms. The number of ether oxygens (including phenoxy) is 1. The predicted octanol–water partition coefficient (Wildman–Crippen LogP) is 2.68. The zero-order valence-electron chi connectivity index (χ0n) is 15.0. The second-order valence-corrected chi connectivity index (χ2v) is 7.15. The predicted molar refractivity (Wildman–Crippen MR) is 90.1 cm³/mol. The quantitative estimate of drug-likeness (QED) is 0.476. The van der Waals surface area contributed by atoms with Crippen molar-refractivity contribution in [2.45, 2.75) is 59.6 Å². The Morgan fingerprint density at radius 1 is 1.46 bits per heavy atom. The van der Waals surface area contributed by atoms with E-state index >= 15 is 0 Å². The third kappa shape index (κ3) is 3.85. The van der Waals surface area contributed by atoms with Crippen LogP contribution in [0.2, 0.25) is 0 Å². The first-order valence-corrected chi connectivity index (χ1v) is 8.33. The number of aromatic nitrogens is 2. The van der Waals surface area contributed by atoms with Crippen molar-refractivity contribution in [2.24, 2.45) is 5.92 Å². The van der Waals surface area contributed by atoms with Crippen LogP contribution in [-0.2, 0) is 16.1 Å². The molecule has 1 aromatic rings. The van der Waals surface area contributed by atoms with Gasteiger partial charge in [-0.2, -0.15) is 5.10 Å². The van der Waals surface area contributed by atoms with Crippen molar-refractivity contribution in [3.63, 3.8) is 0 Å². The van der Waals surface area contributed by atoms with Crippen molar-refractivity contribution in [3.05, 3.63) is 15.8 Å². The molecule has 0 amide bonds. The van der Waals surface area contributed by atoms with Crippen LogP contribution in [0, 0.1) is 23.0 Å². The van der Waals surface area contributed by atoms with Gasteiger partial charge in [-0.1, -0.05) is 0 Å². The highest BCUT2D eigenvalue weighted by molar-refractivity contribution is 5.74. The first-order chi connectivity index (χ1) is 11.1. The molecule has 8 heteroatoms. The summed E-state index contributed by atoms with van der Waals surface area (Å²) in [7, 11) is 0. The van der Waals surface area contributed by atoms with Crippen molar-refractivity contribution in [2.75, 3.05) is 18.0 Å². The molecule has 1 aliphatic rings. The molecule has 1 aromatic heterocycles. The normalized spacial score (nSPS) is 18.5. The average molecular weight is 338 g/mol.